The second-order valence-electron chi connectivity index (χ2n) is 8.86. The molecule has 2 aliphatic rings. The monoisotopic (exact) mass is 433 g/mol. The summed E-state index contributed by atoms with van der Waals surface area (Å²) in [4.78, 5) is 12.6. The molecule has 3 nitrogen and oxygen atoms in total. The zero-order chi connectivity index (χ0) is 22.3. The highest BCUT2D eigenvalue weighted by molar-refractivity contribution is 5.72. The fourth-order valence-corrected chi connectivity index (χ4v) is 4.87. The molecule has 0 aromatic heterocycles. The summed E-state index contributed by atoms with van der Waals surface area (Å²) >= 11 is 0. The standard InChI is InChI=1S/C25H30F3NO2/c26-25(27,28)22-13-11-20(12-14-22)19-7-9-21(10-8-19)24(30)31-23-15-5-18(6-16-23)4-2-1-3-17-29/h1,3,11-14,18-19,21,23H,2,4-10,15-16H2/b3-1+. The maximum absolute atomic E-state index is 12.7. The summed E-state index contributed by atoms with van der Waals surface area (Å²) in [5.74, 6) is 0.639. The molecule has 3 rings (SSSR count). The molecule has 2 fully saturated rings. The Hall–Kier alpha value is -2.29. The minimum Gasteiger partial charge on any atom is -0.462 e. The van der Waals surface area contributed by atoms with E-state index in [0.717, 1.165) is 81.9 Å². The summed E-state index contributed by atoms with van der Waals surface area (Å²) in [5, 5.41) is 8.52. The number of benzene rings is 1. The smallest absolute Gasteiger partial charge is 0.416 e. The van der Waals surface area contributed by atoms with Crippen molar-refractivity contribution in [2.75, 3.05) is 0 Å². The fraction of sp³-hybridized carbons (Fsp3) is 0.600. The number of hydrogen-bond donors (Lipinski definition) is 0. The van der Waals surface area contributed by atoms with Crippen molar-refractivity contribution >= 4 is 5.97 Å². The predicted molar refractivity (Wildman–Crippen MR) is 112 cm³/mol. The van der Waals surface area contributed by atoms with Crippen LogP contribution in [0.15, 0.2) is 36.4 Å². The van der Waals surface area contributed by atoms with Crippen LogP contribution in [0.25, 0.3) is 0 Å². The maximum Gasteiger partial charge on any atom is 0.416 e. The average Bonchev–Trinajstić information content (AvgIpc) is 2.77. The minimum absolute atomic E-state index is 0.00559. The SMILES string of the molecule is N#C/C=C/CCC1CCC(OC(=O)C2CCC(c3ccc(C(F)(F)F)cc3)CC2)CC1. The second-order valence-corrected chi connectivity index (χ2v) is 8.86. The number of rotatable bonds is 6. The number of hydrogen-bond acceptors (Lipinski definition) is 3. The van der Waals surface area contributed by atoms with Crippen molar-refractivity contribution < 1.29 is 22.7 Å². The first-order valence-electron chi connectivity index (χ1n) is 11.3. The van der Waals surface area contributed by atoms with Crippen molar-refractivity contribution in [1.29, 1.82) is 5.26 Å². The quantitative estimate of drug-likeness (QED) is 0.361. The van der Waals surface area contributed by atoms with Crippen molar-refractivity contribution in [2.24, 2.45) is 11.8 Å². The lowest BCUT2D eigenvalue weighted by Gasteiger charge is -2.31. The van der Waals surface area contributed by atoms with E-state index < -0.39 is 11.7 Å². The van der Waals surface area contributed by atoms with Gasteiger partial charge in [-0.3, -0.25) is 4.79 Å². The van der Waals surface area contributed by atoms with E-state index in [2.05, 4.69) is 0 Å². The van der Waals surface area contributed by atoms with E-state index in [9.17, 15) is 18.0 Å². The molecule has 0 unspecified atom stereocenters. The van der Waals surface area contributed by atoms with Crippen molar-refractivity contribution in [3.63, 3.8) is 0 Å². The van der Waals surface area contributed by atoms with Gasteiger partial charge in [-0.2, -0.15) is 18.4 Å². The van der Waals surface area contributed by atoms with E-state index in [1.807, 2.05) is 12.1 Å². The van der Waals surface area contributed by atoms with Crippen LogP contribution in [0, 0.1) is 23.2 Å². The van der Waals surface area contributed by atoms with E-state index in [4.69, 9.17) is 10.00 Å². The van der Waals surface area contributed by atoms with E-state index in [1.165, 1.54) is 6.08 Å². The number of esters is 1. The average molecular weight is 434 g/mol. The van der Waals surface area contributed by atoms with E-state index in [-0.39, 0.29) is 23.9 Å². The van der Waals surface area contributed by atoms with Gasteiger partial charge >= 0.3 is 12.1 Å². The Morgan fingerprint density at radius 2 is 1.68 bits per heavy atom. The van der Waals surface area contributed by atoms with E-state index in [0.29, 0.717) is 5.92 Å². The van der Waals surface area contributed by atoms with Crippen molar-refractivity contribution in [1.82, 2.24) is 0 Å². The van der Waals surface area contributed by atoms with Gasteiger partial charge in [0.05, 0.1) is 17.6 Å². The molecule has 0 radical (unpaired) electrons. The number of alkyl halides is 3. The van der Waals surface area contributed by atoms with Crippen LogP contribution in [0.2, 0.25) is 0 Å². The first-order valence-corrected chi connectivity index (χ1v) is 11.3. The summed E-state index contributed by atoms with van der Waals surface area (Å²) < 4.78 is 44.0. The highest BCUT2D eigenvalue weighted by atomic mass is 19.4. The minimum atomic E-state index is -4.31. The number of ether oxygens (including phenoxy) is 1. The van der Waals surface area contributed by atoms with Crippen LogP contribution in [0.4, 0.5) is 13.2 Å². The molecule has 0 bridgehead atoms. The van der Waals surface area contributed by atoms with Gasteiger partial charge in [-0.15, -0.1) is 0 Å². The Kier molecular flexibility index (Phi) is 8.17. The Bertz CT molecular complexity index is 778. The molecule has 1 aromatic carbocycles. The van der Waals surface area contributed by atoms with Gasteiger partial charge in [-0.05, 0) is 93.7 Å². The van der Waals surface area contributed by atoms with Crippen LogP contribution in [0.5, 0.6) is 0 Å². The highest BCUT2D eigenvalue weighted by Crippen LogP contribution is 2.38. The molecule has 0 amide bonds. The van der Waals surface area contributed by atoms with Gasteiger partial charge in [0.1, 0.15) is 6.10 Å². The third kappa shape index (κ3) is 6.85. The van der Waals surface area contributed by atoms with Gasteiger partial charge in [0.2, 0.25) is 0 Å². The zero-order valence-electron chi connectivity index (χ0n) is 17.7. The molecule has 1 aromatic rings. The molecule has 2 aliphatic carbocycles. The van der Waals surface area contributed by atoms with Crippen LogP contribution >= 0.6 is 0 Å². The molecule has 0 spiro atoms. The second kappa shape index (κ2) is 10.8. The lowest BCUT2D eigenvalue weighted by atomic mass is 9.78. The van der Waals surface area contributed by atoms with Gasteiger partial charge in [-0.25, -0.2) is 0 Å². The molecule has 0 saturated heterocycles. The van der Waals surface area contributed by atoms with Crippen LogP contribution in [0.3, 0.4) is 0 Å². The third-order valence-electron chi connectivity index (χ3n) is 6.78. The molecule has 2 saturated carbocycles. The number of allylic oxidation sites excluding steroid dienone is 2. The Morgan fingerprint density at radius 3 is 2.26 bits per heavy atom. The van der Waals surface area contributed by atoms with Crippen LogP contribution in [-0.2, 0) is 15.7 Å². The number of halogens is 3. The third-order valence-corrected chi connectivity index (χ3v) is 6.78. The van der Waals surface area contributed by atoms with Crippen LogP contribution < -0.4 is 0 Å². The highest BCUT2D eigenvalue weighted by Gasteiger charge is 2.33. The number of nitriles is 1. The van der Waals surface area contributed by atoms with Gasteiger partial charge in [0, 0.05) is 6.08 Å². The fourth-order valence-electron chi connectivity index (χ4n) is 4.87. The van der Waals surface area contributed by atoms with Crippen LogP contribution in [-0.4, -0.2) is 12.1 Å². The van der Waals surface area contributed by atoms with Gasteiger partial charge < -0.3 is 4.74 Å². The maximum atomic E-state index is 12.7. The van der Waals surface area contributed by atoms with Gasteiger partial charge in [0.15, 0.2) is 0 Å². The van der Waals surface area contributed by atoms with Gasteiger partial charge in [-0.1, -0.05) is 18.2 Å². The molecular weight excluding hydrogens is 403 g/mol. The lowest BCUT2D eigenvalue weighted by Crippen LogP contribution is -2.29. The largest absolute Gasteiger partial charge is 0.462 e. The van der Waals surface area contributed by atoms with Crippen molar-refractivity contribution in [2.45, 2.75) is 82.4 Å². The summed E-state index contributed by atoms with van der Waals surface area (Å²) in [5.41, 5.74) is 0.296. The summed E-state index contributed by atoms with van der Waals surface area (Å²) in [6.45, 7) is 0. The first kappa shape index (κ1) is 23.4. The Balaban J connectivity index is 1.39. The normalized spacial score (nSPS) is 27.0. The number of carbonyl (C=O) groups is 1. The molecule has 0 atom stereocenters. The van der Waals surface area contributed by atoms with Crippen molar-refractivity contribution in [3.8, 4) is 6.07 Å². The van der Waals surface area contributed by atoms with Gasteiger partial charge in [0.25, 0.3) is 0 Å². The molecule has 168 valence electrons. The topological polar surface area (TPSA) is 50.1 Å². The molecular formula is C25H30F3NO2. The number of carbonyl (C=O) groups excluding carboxylic acids is 1. The molecule has 6 heteroatoms. The molecule has 0 heterocycles. The zero-order valence-corrected chi connectivity index (χ0v) is 17.7. The first-order chi connectivity index (χ1) is 14.9. The summed E-state index contributed by atoms with van der Waals surface area (Å²) in [6.07, 6.45) is 8.10. The van der Waals surface area contributed by atoms with Crippen LogP contribution in [0.1, 0.15) is 81.3 Å². The Labute approximate surface area is 182 Å². The lowest BCUT2D eigenvalue weighted by molar-refractivity contribution is -0.157. The predicted octanol–water partition coefficient (Wildman–Crippen LogP) is 6.94. The van der Waals surface area contributed by atoms with E-state index in [1.54, 1.807) is 12.1 Å². The molecule has 0 aliphatic heterocycles. The Morgan fingerprint density at radius 1 is 1.03 bits per heavy atom. The summed E-state index contributed by atoms with van der Waals surface area (Å²) in [7, 11) is 0. The van der Waals surface area contributed by atoms with E-state index >= 15 is 0 Å². The summed E-state index contributed by atoms with van der Waals surface area (Å²) in [6, 6.07) is 7.44. The van der Waals surface area contributed by atoms with Crippen molar-refractivity contribution in [3.05, 3.63) is 47.5 Å². The molecule has 0 N–H and O–H groups in total. The molecule has 31 heavy (non-hydrogen) atoms. The number of nitrogens with zero attached hydrogens (tertiary/aromatic N) is 1.